The summed E-state index contributed by atoms with van der Waals surface area (Å²) in [6.45, 7) is 4.30. The number of carbonyl (C=O) groups excluding carboxylic acids is 1. The number of rotatable bonds is 6. The number of amides is 1. The highest BCUT2D eigenvalue weighted by atomic mass is 35.5. The van der Waals surface area contributed by atoms with Crippen molar-refractivity contribution in [3.63, 3.8) is 0 Å². The van der Waals surface area contributed by atoms with E-state index in [-0.39, 0.29) is 18.0 Å². The van der Waals surface area contributed by atoms with Gasteiger partial charge < -0.3 is 10.6 Å². The van der Waals surface area contributed by atoms with Crippen LogP contribution in [0.3, 0.4) is 0 Å². The molecule has 0 heterocycles. The van der Waals surface area contributed by atoms with Crippen molar-refractivity contribution in [2.45, 2.75) is 25.9 Å². The molecule has 23 heavy (non-hydrogen) atoms. The molecule has 0 aliphatic rings. The molecule has 0 spiro atoms. The summed E-state index contributed by atoms with van der Waals surface area (Å²) in [7, 11) is 0. The van der Waals surface area contributed by atoms with Crippen molar-refractivity contribution in [3.8, 4) is 0 Å². The molecule has 0 aliphatic heterocycles. The van der Waals surface area contributed by atoms with Crippen LogP contribution in [0.2, 0.25) is 10.0 Å². The molecule has 0 aliphatic carbocycles. The van der Waals surface area contributed by atoms with Gasteiger partial charge >= 0.3 is 0 Å². The van der Waals surface area contributed by atoms with Crippen LogP contribution in [0.5, 0.6) is 0 Å². The number of nitrogens with one attached hydrogen (secondary N) is 1. The Bertz CT molecular complexity index is 676. The van der Waals surface area contributed by atoms with Gasteiger partial charge in [0.15, 0.2) is 6.54 Å². The maximum absolute atomic E-state index is 12.1. The highest BCUT2D eigenvalue weighted by molar-refractivity contribution is 6.31. The molecule has 2 rings (SSSR count). The van der Waals surface area contributed by atoms with Gasteiger partial charge in [-0.3, -0.25) is 4.79 Å². The average Bonchev–Trinajstić information content (AvgIpc) is 2.53. The summed E-state index contributed by atoms with van der Waals surface area (Å²) in [6.07, 6.45) is 0. The third kappa shape index (κ3) is 4.96. The highest BCUT2D eigenvalue weighted by Crippen LogP contribution is 2.22. The normalized spacial score (nSPS) is 13.4. The zero-order valence-corrected chi connectivity index (χ0v) is 14.7. The Kier molecular flexibility index (Phi) is 6.46. The molecule has 0 aromatic heterocycles. The van der Waals surface area contributed by atoms with Gasteiger partial charge in [-0.2, -0.15) is 0 Å². The molecule has 3 N–H and O–H groups in total. The Morgan fingerprint density at radius 1 is 1.00 bits per heavy atom. The van der Waals surface area contributed by atoms with E-state index >= 15 is 0 Å². The number of quaternary nitrogens is 1. The molecular weight excluding hydrogens is 331 g/mol. The summed E-state index contributed by atoms with van der Waals surface area (Å²) in [5.74, 6) is -0.0312. The lowest BCUT2D eigenvalue weighted by molar-refractivity contribution is -0.682. The van der Waals surface area contributed by atoms with Crippen LogP contribution in [0, 0.1) is 0 Å². The first kappa shape index (κ1) is 17.8. The minimum absolute atomic E-state index is 0.0312. The molecule has 0 saturated carbocycles. The second kappa shape index (κ2) is 8.34. The summed E-state index contributed by atoms with van der Waals surface area (Å²) in [4.78, 5) is 12.1. The molecule has 122 valence electrons. The molecule has 3 nitrogen and oxygen atoms in total. The molecule has 2 atom stereocenters. The predicted octanol–water partition coefficient (Wildman–Crippen LogP) is 3.50. The first-order chi connectivity index (χ1) is 11.0. The topological polar surface area (TPSA) is 45.7 Å². The minimum atomic E-state index is -0.125. The molecule has 2 aromatic rings. The van der Waals surface area contributed by atoms with E-state index in [0.29, 0.717) is 11.6 Å². The fraction of sp³-hybridized carbons (Fsp3) is 0.278. The number of nitrogens with two attached hydrogens (primary N) is 1. The fourth-order valence-corrected chi connectivity index (χ4v) is 3.07. The standard InChI is InChI=1S/C18H20Cl2N2O/c1-12(14-7-3-5-9-16(14)19)21-11-18(23)22-13(2)15-8-4-6-10-17(15)20/h3-10,12-13,21H,11H2,1-2H3,(H,22,23)/p+1/t12-,13-/m1/s1. The smallest absolute Gasteiger partial charge is 0.275 e. The van der Waals surface area contributed by atoms with Gasteiger partial charge in [0.25, 0.3) is 5.91 Å². The Hall–Kier alpha value is -1.55. The Labute approximate surface area is 147 Å². The molecule has 0 saturated heterocycles. The lowest BCUT2D eigenvalue weighted by Gasteiger charge is -2.16. The van der Waals surface area contributed by atoms with Crippen LogP contribution >= 0.6 is 23.2 Å². The largest absolute Gasteiger partial charge is 0.345 e. The van der Waals surface area contributed by atoms with E-state index in [4.69, 9.17) is 23.2 Å². The number of halogens is 2. The average molecular weight is 352 g/mol. The van der Waals surface area contributed by atoms with Gasteiger partial charge in [0, 0.05) is 15.6 Å². The van der Waals surface area contributed by atoms with Crippen LogP contribution in [-0.2, 0) is 4.79 Å². The molecule has 0 radical (unpaired) electrons. The number of hydrogen-bond donors (Lipinski definition) is 2. The van der Waals surface area contributed by atoms with Crippen molar-refractivity contribution in [1.29, 1.82) is 0 Å². The van der Waals surface area contributed by atoms with Crippen molar-refractivity contribution in [2.24, 2.45) is 0 Å². The molecule has 0 unspecified atom stereocenters. The van der Waals surface area contributed by atoms with Crippen molar-refractivity contribution in [2.75, 3.05) is 6.54 Å². The van der Waals surface area contributed by atoms with Gasteiger partial charge in [-0.1, -0.05) is 59.6 Å². The zero-order chi connectivity index (χ0) is 16.8. The molecule has 2 aromatic carbocycles. The Balaban J connectivity index is 1.88. The van der Waals surface area contributed by atoms with Crippen molar-refractivity contribution in [1.82, 2.24) is 5.32 Å². The fourth-order valence-electron chi connectivity index (χ4n) is 2.46. The lowest BCUT2D eigenvalue weighted by atomic mass is 10.1. The van der Waals surface area contributed by atoms with Gasteiger partial charge in [0.05, 0.1) is 6.04 Å². The zero-order valence-electron chi connectivity index (χ0n) is 13.2. The lowest BCUT2D eigenvalue weighted by Crippen LogP contribution is -2.87. The van der Waals surface area contributed by atoms with E-state index in [1.165, 1.54) is 0 Å². The number of benzene rings is 2. The molecule has 5 heteroatoms. The van der Waals surface area contributed by atoms with Gasteiger partial charge in [0.1, 0.15) is 6.04 Å². The number of carbonyl (C=O) groups is 1. The van der Waals surface area contributed by atoms with Crippen LogP contribution in [0.1, 0.15) is 37.1 Å². The van der Waals surface area contributed by atoms with E-state index in [1.807, 2.05) is 67.7 Å². The van der Waals surface area contributed by atoms with Crippen LogP contribution in [0.4, 0.5) is 0 Å². The van der Waals surface area contributed by atoms with E-state index in [1.54, 1.807) is 0 Å². The van der Waals surface area contributed by atoms with Crippen LogP contribution in [0.25, 0.3) is 0 Å². The molecular formula is C18H21Cl2N2O+. The third-order valence-electron chi connectivity index (χ3n) is 3.80. The van der Waals surface area contributed by atoms with Crippen molar-refractivity contribution in [3.05, 3.63) is 69.7 Å². The monoisotopic (exact) mass is 351 g/mol. The van der Waals surface area contributed by atoms with Crippen molar-refractivity contribution >= 4 is 29.1 Å². The van der Waals surface area contributed by atoms with Gasteiger partial charge in [-0.15, -0.1) is 0 Å². The van der Waals surface area contributed by atoms with Gasteiger partial charge in [-0.25, -0.2) is 0 Å². The summed E-state index contributed by atoms with van der Waals surface area (Å²) >= 11 is 12.3. The summed E-state index contributed by atoms with van der Waals surface area (Å²) in [6, 6.07) is 15.2. The second-order valence-corrected chi connectivity index (χ2v) is 6.38. The second-order valence-electron chi connectivity index (χ2n) is 5.56. The van der Waals surface area contributed by atoms with E-state index in [2.05, 4.69) is 5.32 Å². The maximum Gasteiger partial charge on any atom is 0.275 e. The van der Waals surface area contributed by atoms with E-state index < -0.39 is 0 Å². The van der Waals surface area contributed by atoms with Crippen LogP contribution in [-0.4, -0.2) is 12.5 Å². The predicted molar refractivity (Wildman–Crippen MR) is 94.7 cm³/mol. The molecule has 0 fully saturated rings. The van der Waals surface area contributed by atoms with Crippen LogP contribution < -0.4 is 10.6 Å². The summed E-state index contributed by atoms with van der Waals surface area (Å²) in [5.41, 5.74) is 1.95. The maximum atomic E-state index is 12.1. The summed E-state index contributed by atoms with van der Waals surface area (Å²) in [5, 5.41) is 6.32. The highest BCUT2D eigenvalue weighted by Gasteiger charge is 2.16. The quantitative estimate of drug-likeness (QED) is 0.821. The number of hydrogen-bond acceptors (Lipinski definition) is 1. The van der Waals surface area contributed by atoms with E-state index in [9.17, 15) is 4.79 Å². The minimum Gasteiger partial charge on any atom is -0.345 e. The van der Waals surface area contributed by atoms with Gasteiger partial charge in [-0.05, 0) is 31.5 Å². The molecule has 1 amide bonds. The Morgan fingerprint density at radius 3 is 2.09 bits per heavy atom. The van der Waals surface area contributed by atoms with Crippen molar-refractivity contribution < 1.29 is 10.1 Å². The van der Waals surface area contributed by atoms with E-state index in [0.717, 1.165) is 16.1 Å². The molecule has 0 bridgehead atoms. The first-order valence-electron chi connectivity index (χ1n) is 7.60. The summed E-state index contributed by atoms with van der Waals surface area (Å²) < 4.78 is 0. The Morgan fingerprint density at radius 2 is 1.52 bits per heavy atom. The SMILES string of the molecule is C[C@@H](NC(=O)C[NH2+][C@H](C)c1ccccc1Cl)c1ccccc1Cl. The third-order valence-corrected chi connectivity index (χ3v) is 4.49. The first-order valence-corrected chi connectivity index (χ1v) is 8.36. The van der Waals surface area contributed by atoms with Gasteiger partial charge in [0.2, 0.25) is 0 Å². The van der Waals surface area contributed by atoms with Crippen LogP contribution in [0.15, 0.2) is 48.5 Å².